The van der Waals surface area contributed by atoms with Crippen LogP contribution in [-0.2, 0) is 5.54 Å². The standard InChI is InChI=1S/C7H6ClF2N3/c8-5-2-12-1-4(13-5)6(11)3-7(6,9)10/h1-2H,3,11H2. The third-order valence-corrected chi connectivity index (χ3v) is 2.27. The summed E-state index contributed by atoms with van der Waals surface area (Å²) in [6.45, 7) is 0. The van der Waals surface area contributed by atoms with Crippen LogP contribution < -0.4 is 5.73 Å². The van der Waals surface area contributed by atoms with Gasteiger partial charge in [-0.2, -0.15) is 0 Å². The van der Waals surface area contributed by atoms with Crippen LogP contribution in [0, 0.1) is 0 Å². The van der Waals surface area contributed by atoms with E-state index in [2.05, 4.69) is 9.97 Å². The zero-order valence-electron chi connectivity index (χ0n) is 6.47. The number of hydrogen-bond donors (Lipinski definition) is 1. The van der Waals surface area contributed by atoms with Crippen molar-refractivity contribution in [2.75, 3.05) is 0 Å². The van der Waals surface area contributed by atoms with Crippen LogP contribution in [0.15, 0.2) is 12.4 Å². The largest absolute Gasteiger partial charge is 0.315 e. The average molecular weight is 206 g/mol. The molecule has 0 aromatic carbocycles. The quantitative estimate of drug-likeness (QED) is 0.753. The van der Waals surface area contributed by atoms with Gasteiger partial charge in [0.1, 0.15) is 10.7 Å². The molecule has 13 heavy (non-hydrogen) atoms. The second-order valence-corrected chi connectivity index (χ2v) is 3.47. The number of hydrogen-bond acceptors (Lipinski definition) is 3. The van der Waals surface area contributed by atoms with Gasteiger partial charge in [0, 0.05) is 6.42 Å². The van der Waals surface area contributed by atoms with Crippen molar-refractivity contribution in [2.45, 2.75) is 17.9 Å². The van der Waals surface area contributed by atoms with Gasteiger partial charge in [0.05, 0.1) is 18.1 Å². The molecule has 1 atom stereocenters. The Balaban J connectivity index is 2.38. The zero-order valence-corrected chi connectivity index (χ0v) is 7.22. The van der Waals surface area contributed by atoms with Crippen LogP contribution in [0.2, 0.25) is 5.15 Å². The van der Waals surface area contributed by atoms with Gasteiger partial charge >= 0.3 is 0 Å². The summed E-state index contributed by atoms with van der Waals surface area (Å²) in [4.78, 5) is 7.35. The summed E-state index contributed by atoms with van der Waals surface area (Å²) < 4.78 is 25.5. The number of halogens is 3. The molecule has 1 heterocycles. The smallest absolute Gasteiger partial charge is 0.274 e. The molecule has 70 valence electrons. The summed E-state index contributed by atoms with van der Waals surface area (Å²) in [5, 5.41) is 0.0741. The van der Waals surface area contributed by atoms with Crippen molar-refractivity contribution in [1.82, 2.24) is 9.97 Å². The van der Waals surface area contributed by atoms with Crippen LogP contribution in [0.5, 0.6) is 0 Å². The minimum atomic E-state index is -2.88. The molecule has 0 aliphatic heterocycles. The fourth-order valence-electron chi connectivity index (χ4n) is 1.14. The molecule has 2 N–H and O–H groups in total. The molecular formula is C7H6ClF2N3. The predicted molar refractivity (Wildman–Crippen MR) is 42.5 cm³/mol. The van der Waals surface area contributed by atoms with E-state index in [0.29, 0.717) is 0 Å². The summed E-state index contributed by atoms with van der Waals surface area (Å²) in [5.41, 5.74) is 3.79. The molecule has 1 unspecified atom stereocenters. The highest BCUT2D eigenvalue weighted by Crippen LogP contribution is 2.56. The molecule has 1 aliphatic rings. The first-order valence-corrected chi connectivity index (χ1v) is 3.98. The van der Waals surface area contributed by atoms with Crippen LogP contribution in [0.4, 0.5) is 8.78 Å². The molecule has 1 aromatic rings. The van der Waals surface area contributed by atoms with Crippen molar-refractivity contribution in [1.29, 1.82) is 0 Å². The van der Waals surface area contributed by atoms with Gasteiger partial charge in [0.15, 0.2) is 0 Å². The molecule has 1 saturated carbocycles. The Hall–Kier alpha value is -0.810. The predicted octanol–water partition coefficient (Wildman–Crippen LogP) is 1.32. The van der Waals surface area contributed by atoms with E-state index >= 15 is 0 Å². The summed E-state index contributed by atoms with van der Waals surface area (Å²) in [5.74, 6) is -2.88. The molecule has 0 saturated heterocycles. The van der Waals surface area contributed by atoms with Gasteiger partial charge in [-0.1, -0.05) is 11.6 Å². The lowest BCUT2D eigenvalue weighted by Gasteiger charge is -2.08. The molecule has 1 fully saturated rings. The lowest BCUT2D eigenvalue weighted by molar-refractivity contribution is 0.0880. The normalized spacial score (nSPS) is 30.2. The first-order chi connectivity index (χ1) is 5.96. The Kier molecular flexibility index (Phi) is 1.59. The second-order valence-electron chi connectivity index (χ2n) is 3.08. The third kappa shape index (κ3) is 1.19. The van der Waals surface area contributed by atoms with E-state index < -0.39 is 17.9 Å². The van der Waals surface area contributed by atoms with Gasteiger partial charge in [-0.15, -0.1) is 0 Å². The molecule has 0 amide bonds. The molecule has 0 radical (unpaired) electrons. The third-order valence-electron chi connectivity index (χ3n) is 2.09. The number of aromatic nitrogens is 2. The van der Waals surface area contributed by atoms with E-state index in [1.807, 2.05) is 0 Å². The molecule has 0 spiro atoms. The molecular weight excluding hydrogens is 200 g/mol. The highest BCUT2D eigenvalue weighted by atomic mass is 35.5. The van der Waals surface area contributed by atoms with E-state index in [9.17, 15) is 8.78 Å². The molecule has 3 nitrogen and oxygen atoms in total. The van der Waals surface area contributed by atoms with Crippen molar-refractivity contribution in [2.24, 2.45) is 5.73 Å². The monoisotopic (exact) mass is 205 g/mol. The second kappa shape index (κ2) is 2.36. The maximum absolute atomic E-state index is 12.8. The van der Waals surface area contributed by atoms with Gasteiger partial charge in [-0.25, -0.2) is 13.8 Å². The number of nitrogens with two attached hydrogens (primary N) is 1. The van der Waals surface area contributed by atoms with Gasteiger partial charge in [-0.3, -0.25) is 4.98 Å². The lowest BCUT2D eigenvalue weighted by Crippen LogP contribution is -2.28. The van der Waals surface area contributed by atoms with Crippen LogP contribution in [0.3, 0.4) is 0 Å². The highest BCUT2D eigenvalue weighted by Gasteiger charge is 2.71. The van der Waals surface area contributed by atoms with Gasteiger partial charge < -0.3 is 5.73 Å². The van der Waals surface area contributed by atoms with Gasteiger partial charge in [0.2, 0.25) is 0 Å². The fourth-order valence-corrected chi connectivity index (χ4v) is 1.29. The van der Waals surface area contributed by atoms with Gasteiger partial charge in [-0.05, 0) is 0 Å². The lowest BCUT2D eigenvalue weighted by atomic mass is 10.2. The topological polar surface area (TPSA) is 51.8 Å². The van der Waals surface area contributed by atoms with Crippen molar-refractivity contribution in [3.05, 3.63) is 23.2 Å². The SMILES string of the molecule is NC1(c2cncc(Cl)n2)CC1(F)F. The number of nitrogens with zero attached hydrogens (tertiary/aromatic N) is 2. The molecule has 1 aromatic heterocycles. The van der Waals surface area contributed by atoms with E-state index in [4.69, 9.17) is 17.3 Å². The van der Waals surface area contributed by atoms with Crippen molar-refractivity contribution < 1.29 is 8.78 Å². The molecule has 2 rings (SSSR count). The Morgan fingerprint density at radius 1 is 1.46 bits per heavy atom. The van der Waals surface area contributed by atoms with Crippen molar-refractivity contribution >= 4 is 11.6 Å². The van der Waals surface area contributed by atoms with Crippen LogP contribution >= 0.6 is 11.6 Å². The van der Waals surface area contributed by atoms with Crippen LogP contribution in [0.25, 0.3) is 0 Å². The Bertz CT molecular complexity index is 357. The Morgan fingerprint density at radius 3 is 2.54 bits per heavy atom. The summed E-state index contributed by atoms with van der Waals surface area (Å²) in [6, 6.07) is 0. The first kappa shape index (κ1) is 8.77. The van der Waals surface area contributed by atoms with E-state index in [1.54, 1.807) is 0 Å². The van der Waals surface area contributed by atoms with Crippen LogP contribution in [-0.4, -0.2) is 15.9 Å². The van der Waals surface area contributed by atoms with E-state index in [1.165, 1.54) is 12.4 Å². The molecule has 6 heteroatoms. The number of alkyl halides is 2. The van der Waals surface area contributed by atoms with Gasteiger partial charge in [0.25, 0.3) is 5.92 Å². The maximum atomic E-state index is 12.8. The minimum Gasteiger partial charge on any atom is -0.315 e. The van der Waals surface area contributed by atoms with Crippen LogP contribution in [0.1, 0.15) is 12.1 Å². The Morgan fingerprint density at radius 2 is 2.08 bits per heavy atom. The van der Waals surface area contributed by atoms with Crippen molar-refractivity contribution in [3.8, 4) is 0 Å². The van der Waals surface area contributed by atoms with E-state index in [0.717, 1.165) is 0 Å². The summed E-state index contributed by atoms with van der Waals surface area (Å²) in [7, 11) is 0. The minimum absolute atomic E-state index is 0.0463. The summed E-state index contributed by atoms with van der Waals surface area (Å²) >= 11 is 5.50. The Labute approximate surface area is 77.9 Å². The average Bonchev–Trinajstić information content (AvgIpc) is 2.53. The first-order valence-electron chi connectivity index (χ1n) is 3.60. The molecule has 0 bridgehead atoms. The summed E-state index contributed by atoms with van der Waals surface area (Å²) in [6.07, 6.45) is 2.09. The maximum Gasteiger partial charge on any atom is 0.274 e. The van der Waals surface area contributed by atoms with E-state index in [-0.39, 0.29) is 10.8 Å². The zero-order chi connectivity index (χ0) is 9.69. The molecule has 1 aliphatic carbocycles. The van der Waals surface area contributed by atoms with Crippen molar-refractivity contribution in [3.63, 3.8) is 0 Å². The fraction of sp³-hybridized carbons (Fsp3) is 0.429. The number of rotatable bonds is 1. The highest BCUT2D eigenvalue weighted by molar-refractivity contribution is 6.29.